The van der Waals surface area contributed by atoms with Gasteiger partial charge in [0, 0.05) is 24.5 Å². The van der Waals surface area contributed by atoms with Gasteiger partial charge < -0.3 is 4.90 Å². The minimum Gasteiger partial charge on any atom is -0.374 e. The molecule has 2 rings (SSSR count). The van der Waals surface area contributed by atoms with Gasteiger partial charge in [-0.25, -0.2) is 0 Å². The minimum absolute atomic E-state index is 0.392. The highest BCUT2D eigenvalue weighted by atomic mass is 32.2. The first-order chi connectivity index (χ1) is 6.17. The van der Waals surface area contributed by atoms with Crippen molar-refractivity contribution in [3.63, 3.8) is 0 Å². The number of nitrogens with zero attached hydrogens (tertiary/aromatic N) is 1. The summed E-state index contributed by atoms with van der Waals surface area (Å²) in [5.41, 5.74) is 1.56. The van der Waals surface area contributed by atoms with Gasteiger partial charge in [-0.15, -0.1) is 23.5 Å². The van der Waals surface area contributed by atoms with E-state index < -0.39 is 0 Å². The predicted molar refractivity (Wildman–Crippen MR) is 63.0 cm³/mol. The minimum atomic E-state index is 0.392. The summed E-state index contributed by atoms with van der Waals surface area (Å²) in [7, 11) is 0. The molecule has 0 radical (unpaired) electrons. The molecule has 0 atom stereocenters. The summed E-state index contributed by atoms with van der Waals surface area (Å²) in [4.78, 5) is 2.55. The molecule has 0 aliphatic carbocycles. The average molecular weight is 215 g/mol. The van der Waals surface area contributed by atoms with Crippen LogP contribution in [-0.2, 0) is 0 Å². The van der Waals surface area contributed by atoms with Crippen molar-refractivity contribution in [1.29, 1.82) is 0 Å². The van der Waals surface area contributed by atoms with Crippen LogP contribution in [-0.4, -0.2) is 27.8 Å². The van der Waals surface area contributed by atoms with E-state index in [4.69, 9.17) is 0 Å². The second-order valence-corrected chi connectivity index (χ2v) is 7.46. The molecule has 0 spiro atoms. The van der Waals surface area contributed by atoms with E-state index in [0.29, 0.717) is 4.08 Å². The van der Waals surface area contributed by atoms with Crippen LogP contribution >= 0.6 is 23.5 Å². The van der Waals surface area contributed by atoms with Crippen LogP contribution in [0.4, 0.5) is 0 Å². The lowest BCUT2D eigenvalue weighted by Gasteiger charge is -2.31. The number of hydrogen-bond donors (Lipinski definition) is 0. The second kappa shape index (κ2) is 3.77. The van der Waals surface area contributed by atoms with Gasteiger partial charge in [-0.2, -0.15) is 0 Å². The monoisotopic (exact) mass is 215 g/mol. The summed E-state index contributed by atoms with van der Waals surface area (Å²) < 4.78 is 0.392. The van der Waals surface area contributed by atoms with Gasteiger partial charge in [0.25, 0.3) is 0 Å². The van der Waals surface area contributed by atoms with Gasteiger partial charge in [-0.05, 0) is 32.1 Å². The Labute approximate surface area is 89.3 Å². The van der Waals surface area contributed by atoms with Crippen LogP contribution in [0.25, 0.3) is 0 Å². The summed E-state index contributed by atoms with van der Waals surface area (Å²) in [5.74, 6) is 1.21. The molecule has 0 N–H and O–H groups in total. The molecule has 1 nitrogen and oxygen atoms in total. The zero-order valence-electron chi connectivity index (χ0n) is 8.38. The largest absolute Gasteiger partial charge is 0.374 e. The summed E-state index contributed by atoms with van der Waals surface area (Å²) >= 11 is 4.04. The molecular weight excluding hydrogens is 198 g/mol. The average Bonchev–Trinajstić information content (AvgIpc) is 2.56. The van der Waals surface area contributed by atoms with Crippen molar-refractivity contribution in [2.75, 3.05) is 18.8 Å². The Morgan fingerprint density at radius 3 is 2.54 bits per heavy atom. The lowest BCUT2D eigenvalue weighted by atomic mass is 10.4. The van der Waals surface area contributed by atoms with E-state index in [1.165, 1.54) is 31.7 Å². The Bertz CT molecular complexity index is 217. The van der Waals surface area contributed by atoms with Crippen molar-refractivity contribution >= 4 is 23.5 Å². The maximum absolute atomic E-state index is 2.55. The summed E-state index contributed by atoms with van der Waals surface area (Å²) in [5, 5.41) is 2.38. The molecule has 0 saturated carbocycles. The van der Waals surface area contributed by atoms with Gasteiger partial charge in [0.15, 0.2) is 0 Å². The van der Waals surface area contributed by atoms with E-state index in [9.17, 15) is 0 Å². The lowest BCUT2D eigenvalue weighted by molar-refractivity contribution is 0.430. The molecule has 2 heterocycles. The van der Waals surface area contributed by atoms with Crippen LogP contribution in [0.2, 0.25) is 0 Å². The fraction of sp³-hybridized carbons (Fsp3) is 0.800. The third kappa shape index (κ3) is 2.38. The Balaban J connectivity index is 1.98. The van der Waals surface area contributed by atoms with Crippen LogP contribution in [0.3, 0.4) is 0 Å². The van der Waals surface area contributed by atoms with E-state index in [0.717, 1.165) is 0 Å². The van der Waals surface area contributed by atoms with E-state index in [-0.39, 0.29) is 0 Å². The first-order valence-electron chi connectivity index (χ1n) is 4.93. The predicted octanol–water partition coefficient (Wildman–Crippen LogP) is 3.14. The maximum Gasteiger partial charge on any atom is 0.0600 e. The highest BCUT2D eigenvalue weighted by Gasteiger charge is 2.25. The van der Waals surface area contributed by atoms with Crippen LogP contribution in [0.5, 0.6) is 0 Å². The van der Waals surface area contributed by atoms with Gasteiger partial charge in [0.05, 0.1) is 4.08 Å². The molecule has 2 aliphatic rings. The highest BCUT2D eigenvalue weighted by Crippen LogP contribution is 2.43. The van der Waals surface area contributed by atoms with E-state index in [1.54, 1.807) is 5.70 Å². The zero-order valence-corrected chi connectivity index (χ0v) is 10.0. The van der Waals surface area contributed by atoms with Gasteiger partial charge >= 0.3 is 0 Å². The van der Waals surface area contributed by atoms with Gasteiger partial charge in [0.1, 0.15) is 0 Å². The Kier molecular flexibility index (Phi) is 2.84. The maximum atomic E-state index is 2.55. The van der Waals surface area contributed by atoms with Gasteiger partial charge in [-0.1, -0.05) is 0 Å². The standard InChI is InChI=1S/C10H17NS2/c1-10(2)12-7-9(8-13-10)11-5-3-4-6-11/h7H,3-6,8H2,1-2H3. The molecule has 0 bridgehead atoms. The summed E-state index contributed by atoms with van der Waals surface area (Å²) in [6.07, 6.45) is 2.77. The third-order valence-corrected chi connectivity index (χ3v) is 5.29. The van der Waals surface area contributed by atoms with E-state index in [2.05, 4.69) is 35.9 Å². The molecule has 0 aromatic heterocycles. The van der Waals surface area contributed by atoms with Gasteiger partial charge in [-0.3, -0.25) is 0 Å². The van der Waals surface area contributed by atoms with Crippen molar-refractivity contribution in [3.8, 4) is 0 Å². The zero-order chi connectivity index (χ0) is 9.31. The fourth-order valence-electron chi connectivity index (χ4n) is 1.70. The van der Waals surface area contributed by atoms with Crippen molar-refractivity contribution in [2.24, 2.45) is 0 Å². The van der Waals surface area contributed by atoms with Crippen molar-refractivity contribution in [2.45, 2.75) is 30.8 Å². The summed E-state index contributed by atoms with van der Waals surface area (Å²) in [6.45, 7) is 7.18. The molecular formula is C10H17NS2. The van der Waals surface area contributed by atoms with Crippen LogP contribution < -0.4 is 0 Å². The SMILES string of the molecule is CC1(C)SC=C(N2CCCC2)CS1. The van der Waals surface area contributed by atoms with Crippen LogP contribution in [0, 0.1) is 0 Å². The molecule has 1 fully saturated rings. The Morgan fingerprint density at radius 2 is 2.00 bits per heavy atom. The molecule has 74 valence electrons. The smallest absolute Gasteiger partial charge is 0.0600 e. The molecule has 0 aromatic carbocycles. The quantitative estimate of drug-likeness (QED) is 0.661. The molecule has 0 unspecified atom stereocenters. The summed E-state index contributed by atoms with van der Waals surface area (Å²) in [6, 6.07) is 0. The fourth-order valence-corrected chi connectivity index (χ4v) is 3.81. The molecule has 2 aliphatic heterocycles. The van der Waals surface area contributed by atoms with Crippen molar-refractivity contribution in [3.05, 3.63) is 11.1 Å². The molecule has 0 amide bonds. The number of rotatable bonds is 1. The number of thioether (sulfide) groups is 2. The Hall–Kier alpha value is 0.240. The first kappa shape index (κ1) is 9.78. The van der Waals surface area contributed by atoms with Crippen LogP contribution in [0.15, 0.2) is 11.1 Å². The molecule has 1 saturated heterocycles. The highest BCUT2D eigenvalue weighted by molar-refractivity contribution is 8.20. The van der Waals surface area contributed by atoms with Crippen molar-refractivity contribution < 1.29 is 0 Å². The van der Waals surface area contributed by atoms with E-state index in [1.807, 2.05) is 11.8 Å². The second-order valence-electron chi connectivity index (χ2n) is 4.11. The lowest BCUT2D eigenvalue weighted by Crippen LogP contribution is -2.24. The topological polar surface area (TPSA) is 3.24 Å². The normalized spacial score (nSPS) is 27.5. The number of hydrogen-bond acceptors (Lipinski definition) is 3. The van der Waals surface area contributed by atoms with Crippen molar-refractivity contribution in [1.82, 2.24) is 4.90 Å². The molecule has 3 heteroatoms. The molecule has 0 aromatic rings. The first-order valence-corrected chi connectivity index (χ1v) is 6.80. The third-order valence-electron chi connectivity index (χ3n) is 2.56. The van der Waals surface area contributed by atoms with Crippen LogP contribution in [0.1, 0.15) is 26.7 Å². The number of likely N-dealkylation sites (tertiary alicyclic amines) is 1. The van der Waals surface area contributed by atoms with Gasteiger partial charge in [0.2, 0.25) is 0 Å². The van der Waals surface area contributed by atoms with E-state index >= 15 is 0 Å². The Morgan fingerprint density at radius 1 is 1.31 bits per heavy atom. The molecule has 13 heavy (non-hydrogen) atoms.